The summed E-state index contributed by atoms with van der Waals surface area (Å²) in [4.78, 5) is 11.6. The third-order valence-corrected chi connectivity index (χ3v) is 2.22. The van der Waals surface area contributed by atoms with Crippen molar-refractivity contribution < 1.29 is 9.90 Å². The number of allylic oxidation sites excluding steroid dienone is 1. The van der Waals surface area contributed by atoms with Crippen molar-refractivity contribution in [3.8, 4) is 5.75 Å². The number of phenolic OH excluding ortho intramolecular Hbond substituents is 1. The van der Waals surface area contributed by atoms with E-state index < -0.39 is 0 Å². The van der Waals surface area contributed by atoms with Crippen LogP contribution in [0.15, 0.2) is 29.8 Å². The van der Waals surface area contributed by atoms with E-state index in [4.69, 9.17) is 0 Å². The zero-order valence-electron chi connectivity index (χ0n) is 9.32. The molecule has 0 radical (unpaired) electrons. The Bertz CT molecular complexity index is 389. The molecule has 2 heteroatoms. The van der Waals surface area contributed by atoms with Crippen molar-refractivity contribution in [1.82, 2.24) is 0 Å². The molecule has 1 rings (SSSR count). The van der Waals surface area contributed by atoms with Crippen molar-refractivity contribution in [2.45, 2.75) is 20.8 Å². The number of rotatable bonds is 3. The first-order chi connectivity index (χ1) is 7.02. The van der Waals surface area contributed by atoms with E-state index in [2.05, 4.69) is 0 Å². The van der Waals surface area contributed by atoms with Crippen molar-refractivity contribution >= 4 is 11.9 Å². The lowest BCUT2D eigenvalue weighted by atomic mass is 10.00. The molecule has 0 aliphatic heterocycles. The van der Waals surface area contributed by atoms with E-state index in [1.807, 2.05) is 19.9 Å². The van der Waals surface area contributed by atoms with Gasteiger partial charge in [-0.2, -0.15) is 0 Å². The first kappa shape index (κ1) is 11.5. The molecule has 0 amide bonds. The van der Waals surface area contributed by atoms with E-state index in [0.717, 1.165) is 0 Å². The highest BCUT2D eigenvalue weighted by Crippen LogP contribution is 2.20. The van der Waals surface area contributed by atoms with Crippen LogP contribution in [0.3, 0.4) is 0 Å². The third-order valence-electron chi connectivity index (χ3n) is 2.22. The summed E-state index contributed by atoms with van der Waals surface area (Å²) in [5, 5.41) is 9.52. The van der Waals surface area contributed by atoms with Gasteiger partial charge in [-0.3, -0.25) is 4.79 Å². The van der Waals surface area contributed by atoms with Gasteiger partial charge in [-0.05, 0) is 24.6 Å². The Morgan fingerprint density at radius 1 is 1.33 bits per heavy atom. The molecule has 0 spiro atoms. The first-order valence-corrected chi connectivity index (χ1v) is 5.03. The monoisotopic (exact) mass is 204 g/mol. The van der Waals surface area contributed by atoms with Gasteiger partial charge < -0.3 is 5.11 Å². The Labute approximate surface area is 90.3 Å². The molecule has 0 saturated heterocycles. The molecule has 1 aromatic carbocycles. The van der Waals surface area contributed by atoms with E-state index in [0.29, 0.717) is 11.1 Å². The molecule has 0 bridgehead atoms. The fourth-order valence-corrected chi connectivity index (χ4v) is 1.37. The van der Waals surface area contributed by atoms with Gasteiger partial charge in [0, 0.05) is 11.5 Å². The Kier molecular flexibility index (Phi) is 3.67. The first-order valence-electron chi connectivity index (χ1n) is 5.03. The summed E-state index contributed by atoms with van der Waals surface area (Å²) in [5.41, 5.74) is 1.36. The van der Waals surface area contributed by atoms with Gasteiger partial charge in [0.2, 0.25) is 0 Å². The predicted octanol–water partition coefficient (Wildman–Crippen LogP) is 3.02. The number of benzene rings is 1. The highest BCUT2D eigenvalue weighted by atomic mass is 16.3. The molecule has 2 nitrogen and oxygen atoms in total. The van der Waals surface area contributed by atoms with Crippen LogP contribution in [0, 0.1) is 5.92 Å². The minimum absolute atomic E-state index is 0.00731. The van der Waals surface area contributed by atoms with Gasteiger partial charge in [0.15, 0.2) is 5.78 Å². The average Bonchev–Trinajstić information content (AvgIpc) is 2.20. The highest BCUT2D eigenvalue weighted by Gasteiger charge is 2.09. The summed E-state index contributed by atoms with van der Waals surface area (Å²) in [6.45, 7) is 5.50. The van der Waals surface area contributed by atoms with E-state index in [1.54, 1.807) is 31.2 Å². The molecular weight excluding hydrogens is 188 g/mol. The average molecular weight is 204 g/mol. The Balaban J connectivity index is 2.98. The molecule has 0 atom stereocenters. The van der Waals surface area contributed by atoms with Crippen molar-refractivity contribution in [2.75, 3.05) is 0 Å². The molecule has 0 unspecified atom stereocenters. The predicted molar refractivity (Wildman–Crippen MR) is 61.6 cm³/mol. The van der Waals surface area contributed by atoms with Crippen LogP contribution in [-0.2, 0) is 4.79 Å². The number of hydrogen-bond acceptors (Lipinski definition) is 2. The molecule has 0 heterocycles. The largest absolute Gasteiger partial charge is 0.507 e. The second-order valence-electron chi connectivity index (χ2n) is 3.91. The van der Waals surface area contributed by atoms with Crippen LogP contribution in [-0.4, -0.2) is 10.9 Å². The summed E-state index contributed by atoms with van der Waals surface area (Å²) in [5.74, 6) is 0.304. The smallest absolute Gasteiger partial charge is 0.161 e. The number of carbonyl (C=O) groups is 1. The second-order valence-corrected chi connectivity index (χ2v) is 3.91. The van der Waals surface area contributed by atoms with Gasteiger partial charge in [0.1, 0.15) is 5.75 Å². The number of phenols is 1. The molecule has 80 valence electrons. The normalized spacial score (nSPS) is 11.9. The van der Waals surface area contributed by atoms with Crippen molar-refractivity contribution in [2.24, 2.45) is 5.92 Å². The fourth-order valence-electron chi connectivity index (χ4n) is 1.37. The number of ketones is 1. The lowest BCUT2D eigenvalue weighted by Crippen LogP contribution is -2.07. The van der Waals surface area contributed by atoms with E-state index in [1.165, 1.54) is 0 Å². The second kappa shape index (κ2) is 4.78. The molecule has 15 heavy (non-hydrogen) atoms. The topological polar surface area (TPSA) is 37.3 Å². The maximum atomic E-state index is 11.6. The fraction of sp³-hybridized carbons (Fsp3) is 0.308. The Morgan fingerprint density at radius 3 is 2.47 bits per heavy atom. The summed E-state index contributed by atoms with van der Waals surface area (Å²) in [7, 11) is 0. The third kappa shape index (κ3) is 2.94. The summed E-state index contributed by atoms with van der Waals surface area (Å²) in [6, 6.07) is 6.98. The number of carbonyl (C=O) groups excluding carboxylic acids is 1. The maximum Gasteiger partial charge on any atom is 0.161 e. The van der Waals surface area contributed by atoms with Crippen LogP contribution in [0.2, 0.25) is 0 Å². The lowest BCUT2D eigenvalue weighted by Gasteiger charge is -2.04. The minimum atomic E-state index is -0.00731. The van der Waals surface area contributed by atoms with Crippen molar-refractivity contribution in [3.05, 3.63) is 35.4 Å². The summed E-state index contributed by atoms with van der Waals surface area (Å²) in [6.07, 6.45) is 1.72. The molecule has 0 aliphatic rings. The van der Waals surface area contributed by atoms with Gasteiger partial charge in [0.05, 0.1) is 0 Å². The molecule has 0 saturated carbocycles. The Morgan fingerprint density at radius 2 is 1.93 bits per heavy atom. The standard InChI is InChI=1S/C13H16O2/c1-9(2)13(15)10(3)8-11-6-4-5-7-12(11)14/h4-9,14H,1-3H3/b10-8+. The molecular formula is C13H16O2. The van der Waals surface area contributed by atoms with Gasteiger partial charge in [-0.15, -0.1) is 0 Å². The van der Waals surface area contributed by atoms with Gasteiger partial charge in [-0.1, -0.05) is 32.0 Å². The van der Waals surface area contributed by atoms with Crippen LogP contribution in [0.5, 0.6) is 5.75 Å². The molecule has 0 fully saturated rings. The van der Waals surface area contributed by atoms with Gasteiger partial charge in [0.25, 0.3) is 0 Å². The van der Waals surface area contributed by atoms with Crippen LogP contribution < -0.4 is 0 Å². The maximum absolute atomic E-state index is 11.6. The van der Waals surface area contributed by atoms with Crippen LogP contribution >= 0.6 is 0 Å². The van der Waals surface area contributed by atoms with Gasteiger partial charge in [-0.25, -0.2) is 0 Å². The molecule has 1 N–H and O–H groups in total. The van der Waals surface area contributed by atoms with Crippen molar-refractivity contribution in [3.63, 3.8) is 0 Å². The number of aromatic hydroxyl groups is 1. The van der Waals surface area contributed by atoms with E-state index in [-0.39, 0.29) is 17.5 Å². The summed E-state index contributed by atoms with van der Waals surface area (Å²) < 4.78 is 0. The summed E-state index contributed by atoms with van der Waals surface area (Å²) >= 11 is 0. The lowest BCUT2D eigenvalue weighted by molar-refractivity contribution is -0.118. The van der Waals surface area contributed by atoms with Crippen LogP contribution in [0.25, 0.3) is 6.08 Å². The van der Waals surface area contributed by atoms with E-state index >= 15 is 0 Å². The number of hydrogen-bond donors (Lipinski definition) is 1. The van der Waals surface area contributed by atoms with Crippen LogP contribution in [0.1, 0.15) is 26.3 Å². The molecule has 1 aromatic rings. The Hall–Kier alpha value is -1.57. The SMILES string of the molecule is C/C(=C\c1ccccc1O)C(=O)C(C)C. The van der Waals surface area contributed by atoms with Crippen LogP contribution in [0.4, 0.5) is 0 Å². The quantitative estimate of drug-likeness (QED) is 0.768. The zero-order chi connectivity index (χ0) is 11.4. The molecule has 0 aliphatic carbocycles. The molecule has 0 aromatic heterocycles. The van der Waals surface area contributed by atoms with Gasteiger partial charge >= 0.3 is 0 Å². The highest BCUT2D eigenvalue weighted by molar-refractivity contribution is 6.00. The number of Topliss-reactive ketones (excluding diaryl/α,β-unsaturated/α-hetero) is 1. The minimum Gasteiger partial charge on any atom is -0.507 e. The van der Waals surface area contributed by atoms with E-state index in [9.17, 15) is 9.90 Å². The zero-order valence-corrected chi connectivity index (χ0v) is 9.32. The van der Waals surface area contributed by atoms with Crippen molar-refractivity contribution in [1.29, 1.82) is 0 Å². The number of para-hydroxylation sites is 1.